The molecule has 0 radical (unpaired) electrons. The van der Waals surface area contributed by atoms with Crippen molar-refractivity contribution in [3.05, 3.63) is 23.4 Å². The molecule has 1 fully saturated rings. The van der Waals surface area contributed by atoms with Crippen molar-refractivity contribution in [3.63, 3.8) is 0 Å². The number of carbonyl (C=O) groups excluding carboxylic acids is 1. The molecule has 1 atom stereocenters. The van der Waals surface area contributed by atoms with Gasteiger partial charge < -0.3 is 25.4 Å². The van der Waals surface area contributed by atoms with E-state index in [9.17, 15) is 27.9 Å². The Labute approximate surface area is 160 Å². The number of amides is 1. The van der Waals surface area contributed by atoms with Gasteiger partial charge in [-0.25, -0.2) is 14.6 Å². The van der Waals surface area contributed by atoms with Crippen LogP contribution in [0, 0.1) is 0 Å². The molecule has 0 saturated carbocycles. The molecule has 0 spiro atoms. The lowest BCUT2D eigenvalue weighted by Crippen LogP contribution is -2.59. The van der Waals surface area contributed by atoms with Gasteiger partial charge in [0.05, 0.1) is 12.1 Å². The van der Waals surface area contributed by atoms with E-state index in [0.29, 0.717) is 6.20 Å². The number of carboxylic acids is 1. The number of rotatable bonds is 3. The quantitative estimate of drug-likeness (QED) is 0.794. The highest BCUT2D eigenvalue weighted by Gasteiger charge is 2.38. The summed E-state index contributed by atoms with van der Waals surface area (Å²) in [5.74, 6) is -1.18. The van der Waals surface area contributed by atoms with Crippen molar-refractivity contribution < 1.29 is 32.6 Å². The highest BCUT2D eigenvalue weighted by molar-refractivity contribution is 5.80. The summed E-state index contributed by atoms with van der Waals surface area (Å²) in [6, 6.07) is -0.336. The number of carbonyl (C=O) groups is 2. The molecule has 11 heteroatoms. The Morgan fingerprint density at radius 2 is 1.96 bits per heavy atom. The number of halogens is 3. The van der Waals surface area contributed by atoms with Gasteiger partial charge in [-0.15, -0.1) is 0 Å². The van der Waals surface area contributed by atoms with Gasteiger partial charge in [0.15, 0.2) is 0 Å². The van der Waals surface area contributed by atoms with Gasteiger partial charge in [0.2, 0.25) is 0 Å². The molecule has 3 N–H and O–H groups in total. The zero-order valence-corrected chi connectivity index (χ0v) is 15.8. The van der Waals surface area contributed by atoms with Gasteiger partial charge in [0.1, 0.15) is 17.5 Å². The minimum absolute atomic E-state index is 0.0571. The molecular weight excluding hydrogens is 381 g/mol. The van der Waals surface area contributed by atoms with Crippen LogP contribution in [-0.4, -0.2) is 58.3 Å². The molecule has 1 saturated heterocycles. The predicted molar refractivity (Wildman–Crippen MR) is 93.7 cm³/mol. The van der Waals surface area contributed by atoms with E-state index in [4.69, 9.17) is 10.5 Å². The van der Waals surface area contributed by atoms with Crippen LogP contribution in [0.2, 0.25) is 0 Å². The summed E-state index contributed by atoms with van der Waals surface area (Å²) in [5, 5.41) is 9.59. The maximum Gasteiger partial charge on any atom is 0.417 e. The minimum Gasteiger partial charge on any atom is -0.480 e. The maximum atomic E-state index is 12.9. The fourth-order valence-corrected chi connectivity index (χ4v) is 2.81. The van der Waals surface area contributed by atoms with Crippen LogP contribution < -0.4 is 10.6 Å². The maximum absolute atomic E-state index is 12.9. The van der Waals surface area contributed by atoms with E-state index >= 15 is 0 Å². The summed E-state index contributed by atoms with van der Waals surface area (Å²) in [5.41, 5.74) is 3.94. The van der Waals surface area contributed by atoms with Gasteiger partial charge in [-0.1, -0.05) is 0 Å². The topological polar surface area (TPSA) is 109 Å². The number of piperazine rings is 1. The zero-order chi connectivity index (χ0) is 21.3. The molecule has 1 aliphatic rings. The fourth-order valence-electron chi connectivity index (χ4n) is 2.81. The molecule has 1 aromatic rings. The van der Waals surface area contributed by atoms with E-state index in [2.05, 4.69) is 4.98 Å². The van der Waals surface area contributed by atoms with E-state index in [-0.39, 0.29) is 37.6 Å². The molecule has 1 amide bonds. The van der Waals surface area contributed by atoms with Gasteiger partial charge in [-0.3, -0.25) is 0 Å². The van der Waals surface area contributed by atoms with Crippen LogP contribution in [0.15, 0.2) is 12.3 Å². The van der Waals surface area contributed by atoms with Crippen LogP contribution in [0.1, 0.15) is 31.9 Å². The van der Waals surface area contributed by atoms with Crippen molar-refractivity contribution in [2.75, 3.05) is 24.5 Å². The number of nitrogens with two attached hydrogens (primary N) is 1. The van der Waals surface area contributed by atoms with E-state index in [1.54, 1.807) is 20.8 Å². The van der Waals surface area contributed by atoms with Gasteiger partial charge in [-0.05, 0) is 26.8 Å². The number of alkyl halides is 3. The van der Waals surface area contributed by atoms with Gasteiger partial charge >= 0.3 is 18.2 Å². The fraction of sp³-hybridized carbons (Fsp3) is 0.588. The van der Waals surface area contributed by atoms with Crippen molar-refractivity contribution in [3.8, 4) is 0 Å². The molecular formula is C17H23F3N4O4. The first kappa shape index (κ1) is 21.7. The smallest absolute Gasteiger partial charge is 0.417 e. The Hall–Kier alpha value is -2.56. The van der Waals surface area contributed by atoms with Crippen molar-refractivity contribution in [2.45, 2.75) is 45.1 Å². The summed E-state index contributed by atoms with van der Waals surface area (Å²) in [6.07, 6.45) is -4.59. The monoisotopic (exact) mass is 404 g/mol. The van der Waals surface area contributed by atoms with E-state index in [0.717, 1.165) is 6.07 Å². The third-order valence-corrected chi connectivity index (χ3v) is 4.08. The van der Waals surface area contributed by atoms with Crippen LogP contribution in [0.25, 0.3) is 0 Å². The van der Waals surface area contributed by atoms with Crippen LogP contribution in [0.3, 0.4) is 0 Å². The number of pyridine rings is 1. The second-order valence-corrected chi connectivity index (χ2v) is 7.38. The molecule has 1 unspecified atom stereocenters. The summed E-state index contributed by atoms with van der Waals surface area (Å²) < 4.78 is 44.0. The zero-order valence-electron chi connectivity index (χ0n) is 15.8. The number of hydrogen-bond donors (Lipinski definition) is 2. The minimum atomic E-state index is -4.59. The molecule has 2 rings (SSSR count). The number of carboxylic acid groups (broad SMARTS) is 1. The first-order valence-electron chi connectivity index (χ1n) is 8.57. The second kappa shape index (κ2) is 7.82. The number of hydrogen-bond acceptors (Lipinski definition) is 6. The second-order valence-electron chi connectivity index (χ2n) is 7.38. The Kier molecular flexibility index (Phi) is 6.07. The Bertz CT molecular complexity index is 749. The van der Waals surface area contributed by atoms with Crippen LogP contribution in [0.5, 0.6) is 0 Å². The van der Waals surface area contributed by atoms with Gasteiger partial charge in [0, 0.05) is 31.4 Å². The molecule has 0 aliphatic carbocycles. The number of anilines is 1. The third-order valence-electron chi connectivity index (χ3n) is 4.08. The summed E-state index contributed by atoms with van der Waals surface area (Å²) >= 11 is 0. The van der Waals surface area contributed by atoms with Crippen molar-refractivity contribution >= 4 is 17.9 Å². The molecule has 156 valence electrons. The highest BCUT2D eigenvalue weighted by atomic mass is 19.4. The molecule has 1 aliphatic heterocycles. The Morgan fingerprint density at radius 1 is 1.32 bits per heavy atom. The first-order chi connectivity index (χ1) is 12.8. The average molecular weight is 404 g/mol. The van der Waals surface area contributed by atoms with Crippen molar-refractivity contribution in [2.24, 2.45) is 5.73 Å². The van der Waals surface area contributed by atoms with Crippen LogP contribution >= 0.6 is 0 Å². The van der Waals surface area contributed by atoms with E-state index in [1.807, 2.05) is 0 Å². The van der Waals surface area contributed by atoms with Crippen LogP contribution in [0.4, 0.5) is 23.8 Å². The molecule has 0 aromatic carbocycles. The number of ether oxygens (including phenoxy) is 1. The molecule has 0 bridgehead atoms. The molecule has 1 aromatic heterocycles. The SMILES string of the molecule is CC(C)(C)OC(=O)N1CCN(c2ncc(C(F)(F)F)cc2CN)C(C(=O)O)C1. The standard InChI is InChI=1S/C17H23F3N4O4/c1-16(2,3)28-15(27)23-4-5-24(12(9-23)14(25)26)13-10(7-21)6-11(8-22-13)17(18,19)20/h6,8,12H,4-5,7,9,21H2,1-3H3,(H,25,26). The number of aromatic nitrogens is 1. The predicted octanol–water partition coefficient (Wildman–Crippen LogP) is 2.07. The number of nitrogens with zero attached hydrogens (tertiary/aromatic N) is 3. The Morgan fingerprint density at radius 3 is 2.46 bits per heavy atom. The molecule has 28 heavy (non-hydrogen) atoms. The highest BCUT2D eigenvalue weighted by Crippen LogP contribution is 2.32. The Balaban J connectivity index is 2.29. The van der Waals surface area contributed by atoms with E-state index in [1.165, 1.54) is 9.80 Å². The van der Waals surface area contributed by atoms with Gasteiger partial charge in [0.25, 0.3) is 0 Å². The lowest BCUT2D eigenvalue weighted by Gasteiger charge is -2.40. The average Bonchev–Trinajstić information content (AvgIpc) is 2.58. The van der Waals surface area contributed by atoms with Crippen molar-refractivity contribution in [1.29, 1.82) is 0 Å². The molecule has 2 heterocycles. The largest absolute Gasteiger partial charge is 0.480 e. The van der Waals surface area contributed by atoms with Crippen LogP contribution in [-0.2, 0) is 22.3 Å². The van der Waals surface area contributed by atoms with Crippen molar-refractivity contribution in [1.82, 2.24) is 9.88 Å². The first-order valence-corrected chi connectivity index (χ1v) is 8.57. The van der Waals surface area contributed by atoms with E-state index < -0.39 is 35.4 Å². The third kappa shape index (κ3) is 5.03. The lowest BCUT2D eigenvalue weighted by molar-refractivity contribution is -0.140. The lowest BCUT2D eigenvalue weighted by atomic mass is 10.1. The summed E-state index contributed by atoms with van der Waals surface area (Å²) in [7, 11) is 0. The normalized spacial score (nSPS) is 18.2. The number of aliphatic carboxylic acids is 1. The summed E-state index contributed by atoms with van der Waals surface area (Å²) in [6.45, 7) is 4.81. The summed E-state index contributed by atoms with van der Waals surface area (Å²) in [4.78, 5) is 30.4. The molecule has 8 nitrogen and oxygen atoms in total. The van der Waals surface area contributed by atoms with Gasteiger partial charge in [-0.2, -0.15) is 13.2 Å².